The number of ether oxygens (including phenoxy) is 2. The van der Waals surface area contributed by atoms with Crippen LogP contribution in [0.1, 0.15) is 39.0 Å². The van der Waals surface area contributed by atoms with Gasteiger partial charge in [-0.25, -0.2) is 4.79 Å². The van der Waals surface area contributed by atoms with Crippen LogP contribution in [0.5, 0.6) is 5.75 Å². The first-order valence-electron chi connectivity index (χ1n) is 7.62. The number of hydrogen-bond donors (Lipinski definition) is 1. The van der Waals surface area contributed by atoms with Gasteiger partial charge in [-0.3, -0.25) is 14.9 Å². The molecule has 8 nitrogen and oxygen atoms in total. The Hall–Kier alpha value is -3.16. The second-order valence-corrected chi connectivity index (χ2v) is 5.28. The first-order chi connectivity index (χ1) is 11.9. The normalized spacial score (nSPS) is 10.4. The molecule has 0 aliphatic rings. The second-order valence-electron chi connectivity index (χ2n) is 5.28. The fourth-order valence-corrected chi connectivity index (χ4v) is 2.48. The number of rotatable bonds is 7. The van der Waals surface area contributed by atoms with Crippen molar-refractivity contribution in [1.29, 1.82) is 0 Å². The van der Waals surface area contributed by atoms with Crippen molar-refractivity contribution in [3.05, 3.63) is 56.9 Å². The van der Waals surface area contributed by atoms with Gasteiger partial charge in [0.25, 0.3) is 0 Å². The Balaban J connectivity index is 2.19. The number of nitrogens with zero attached hydrogens (tertiary/aromatic N) is 1. The lowest BCUT2D eigenvalue weighted by atomic mass is 10.1. The molecule has 0 aliphatic carbocycles. The largest absolute Gasteiger partial charge is 0.478 e. The number of nitrogens with one attached hydrogen (secondary N) is 1. The Morgan fingerprint density at radius 3 is 2.56 bits per heavy atom. The molecule has 0 fully saturated rings. The maximum atomic E-state index is 12.4. The van der Waals surface area contributed by atoms with Crippen LogP contribution in [-0.4, -0.2) is 34.9 Å². The molecule has 1 aromatic carbocycles. The molecule has 0 saturated heterocycles. The number of para-hydroxylation sites is 2. The molecule has 132 valence electrons. The van der Waals surface area contributed by atoms with E-state index in [1.54, 1.807) is 26.8 Å². The number of nitro groups is 1. The van der Waals surface area contributed by atoms with Crippen LogP contribution in [0.25, 0.3) is 0 Å². The van der Waals surface area contributed by atoms with Gasteiger partial charge in [0.2, 0.25) is 5.78 Å². The zero-order valence-corrected chi connectivity index (χ0v) is 14.1. The summed E-state index contributed by atoms with van der Waals surface area (Å²) in [4.78, 5) is 37.6. The molecule has 0 unspecified atom stereocenters. The zero-order valence-electron chi connectivity index (χ0n) is 14.1. The van der Waals surface area contributed by atoms with Crippen LogP contribution in [0.2, 0.25) is 0 Å². The highest BCUT2D eigenvalue weighted by Gasteiger charge is 2.23. The molecule has 0 aliphatic heterocycles. The van der Waals surface area contributed by atoms with Crippen LogP contribution in [0.3, 0.4) is 0 Å². The third-order valence-corrected chi connectivity index (χ3v) is 3.62. The minimum atomic E-state index is -0.581. The van der Waals surface area contributed by atoms with Gasteiger partial charge in [0.15, 0.2) is 12.4 Å². The van der Waals surface area contributed by atoms with Crippen molar-refractivity contribution in [2.45, 2.75) is 20.8 Å². The Morgan fingerprint density at radius 1 is 1.24 bits per heavy atom. The number of esters is 1. The molecule has 0 radical (unpaired) electrons. The number of nitro benzene ring substituents is 1. The van der Waals surface area contributed by atoms with Crippen molar-refractivity contribution in [3.63, 3.8) is 0 Å². The molecule has 25 heavy (non-hydrogen) atoms. The van der Waals surface area contributed by atoms with E-state index in [9.17, 15) is 19.7 Å². The lowest BCUT2D eigenvalue weighted by Gasteiger charge is -2.06. The monoisotopic (exact) mass is 346 g/mol. The van der Waals surface area contributed by atoms with Gasteiger partial charge in [0, 0.05) is 11.8 Å². The highest BCUT2D eigenvalue weighted by atomic mass is 16.6. The van der Waals surface area contributed by atoms with Gasteiger partial charge in [-0.05, 0) is 32.4 Å². The van der Waals surface area contributed by atoms with E-state index in [1.807, 2.05) is 0 Å². The molecule has 8 heteroatoms. The van der Waals surface area contributed by atoms with E-state index in [-0.39, 0.29) is 23.7 Å². The number of carbonyl (C=O) groups excluding carboxylic acids is 2. The summed E-state index contributed by atoms with van der Waals surface area (Å²) in [5, 5.41) is 11.0. The number of ketones is 1. The molecule has 0 atom stereocenters. The minimum Gasteiger partial charge on any atom is -0.478 e. The molecule has 1 aromatic heterocycles. The minimum absolute atomic E-state index is 0.00685. The first-order valence-corrected chi connectivity index (χ1v) is 7.62. The van der Waals surface area contributed by atoms with Crippen LogP contribution in [-0.2, 0) is 4.74 Å². The van der Waals surface area contributed by atoms with Gasteiger partial charge >= 0.3 is 11.7 Å². The smallest absolute Gasteiger partial charge is 0.340 e. The van der Waals surface area contributed by atoms with Crippen LogP contribution >= 0.6 is 0 Å². The number of H-pyrrole nitrogens is 1. The summed E-state index contributed by atoms with van der Waals surface area (Å²) >= 11 is 0. The molecule has 0 amide bonds. The SMILES string of the molecule is CCOC(=O)c1c(C)[nH]c(C(=O)COc2ccccc2[N+](=O)[O-])c1C. The average molecular weight is 346 g/mol. The van der Waals surface area contributed by atoms with Crippen molar-refractivity contribution < 1.29 is 24.0 Å². The maximum absolute atomic E-state index is 12.4. The molecule has 0 bridgehead atoms. The number of aromatic nitrogens is 1. The quantitative estimate of drug-likeness (QED) is 0.357. The van der Waals surface area contributed by atoms with Crippen molar-refractivity contribution in [2.24, 2.45) is 0 Å². The van der Waals surface area contributed by atoms with E-state index in [2.05, 4.69) is 4.98 Å². The third kappa shape index (κ3) is 3.85. The molecular weight excluding hydrogens is 328 g/mol. The number of Topliss-reactive ketones (excluding diaryl/α,β-unsaturated/α-hetero) is 1. The molecule has 0 spiro atoms. The third-order valence-electron chi connectivity index (χ3n) is 3.62. The van der Waals surface area contributed by atoms with Gasteiger partial charge in [0.1, 0.15) is 0 Å². The predicted molar refractivity (Wildman–Crippen MR) is 89.1 cm³/mol. The Bertz CT molecular complexity index is 825. The fraction of sp³-hybridized carbons (Fsp3) is 0.294. The van der Waals surface area contributed by atoms with Gasteiger partial charge in [-0.1, -0.05) is 12.1 Å². The number of hydrogen-bond acceptors (Lipinski definition) is 6. The standard InChI is InChI=1S/C17H18N2O6/c1-4-24-17(21)15-10(2)16(18-11(15)3)13(20)9-25-14-8-6-5-7-12(14)19(22)23/h5-8,18H,4,9H2,1-3H3. The molecule has 2 aromatic rings. The van der Waals surface area contributed by atoms with Gasteiger partial charge in [-0.15, -0.1) is 0 Å². The van der Waals surface area contributed by atoms with E-state index in [4.69, 9.17) is 9.47 Å². The molecule has 1 N–H and O–H groups in total. The Morgan fingerprint density at radius 2 is 1.92 bits per heavy atom. The topological polar surface area (TPSA) is 112 Å². The van der Waals surface area contributed by atoms with Gasteiger partial charge < -0.3 is 14.5 Å². The summed E-state index contributed by atoms with van der Waals surface area (Å²) in [6, 6.07) is 5.80. The summed E-state index contributed by atoms with van der Waals surface area (Å²) in [6.45, 7) is 4.83. The van der Waals surface area contributed by atoms with Crippen LogP contribution < -0.4 is 4.74 Å². The maximum Gasteiger partial charge on any atom is 0.340 e. The summed E-state index contributed by atoms with van der Waals surface area (Å²) in [6.07, 6.45) is 0. The Kier molecular flexibility index (Phi) is 5.53. The highest BCUT2D eigenvalue weighted by Crippen LogP contribution is 2.26. The van der Waals surface area contributed by atoms with Gasteiger partial charge in [0.05, 0.1) is 22.8 Å². The average Bonchev–Trinajstić information content (AvgIpc) is 2.87. The highest BCUT2D eigenvalue weighted by molar-refractivity contribution is 6.02. The van der Waals surface area contributed by atoms with E-state index in [0.29, 0.717) is 16.8 Å². The summed E-state index contributed by atoms with van der Waals surface area (Å²) < 4.78 is 10.3. The first kappa shape index (κ1) is 18.2. The van der Waals surface area contributed by atoms with Crippen molar-refractivity contribution in [3.8, 4) is 5.75 Å². The van der Waals surface area contributed by atoms with Crippen LogP contribution in [0.15, 0.2) is 24.3 Å². The molecule has 0 saturated carbocycles. The molecular formula is C17H18N2O6. The summed E-state index contributed by atoms with van der Waals surface area (Å²) in [5.41, 5.74) is 1.30. The number of benzene rings is 1. The summed E-state index contributed by atoms with van der Waals surface area (Å²) in [7, 11) is 0. The van der Waals surface area contributed by atoms with Crippen molar-refractivity contribution in [1.82, 2.24) is 4.98 Å². The van der Waals surface area contributed by atoms with Gasteiger partial charge in [-0.2, -0.15) is 0 Å². The van der Waals surface area contributed by atoms with Crippen LogP contribution in [0, 0.1) is 24.0 Å². The Labute approximate surface area is 143 Å². The predicted octanol–water partition coefficient (Wildman–Crippen LogP) is 2.98. The van der Waals surface area contributed by atoms with E-state index in [0.717, 1.165) is 0 Å². The fourth-order valence-electron chi connectivity index (χ4n) is 2.48. The molecule has 1 heterocycles. The van der Waals surface area contributed by atoms with Crippen molar-refractivity contribution >= 4 is 17.4 Å². The van der Waals surface area contributed by atoms with E-state index < -0.39 is 23.3 Å². The van der Waals surface area contributed by atoms with E-state index >= 15 is 0 Å². The lowest BCUT2D eigenvalue weighted by molar-refractivity contribution is -0.385. The molecule has 2 rings (SSSR count). The van der Waals surface area contributed by atoms with Crippen LogP contribution in [0.4, 0.5) is 5.69 Å². The summed E-state index contributed by atoms with van der Waals surface area (Å²) in [5.74, 6) is -0.922. The zero-order chi connectivity index (χ0) is 18.6. The number of carbonyl (C=O) groups is 2. The number of aryl methyl sites for hydroxylation is 1. The van der Waals surface area contributed by atoms with Crippen molar-refractivity contribution in [2.75, 3.05) is 13.2 Å². The lowest BCUT2D eigenvalue weighted by Crippen LogP contribution is -2.14. The second kappa shape index (κ2) is 7.61. The van der Waals surface area contributed by atoms with E-state index in [1.165, 1.54) is 18.2 Å². The number of aromatic amines is 1.